The van der Waals surface area contributed by atoms with Gasteiger partial charge in [-0.25, -0.2) is 15.0 Å². The number of rotatable bonds is 3. The number of hydrogen-bond donors (Lipinski definition) is 3. The number of ether oxygens (including phenoxy) is 1. The number of nitrogen functional groups attached to an aromatic ring is 1. The van der Waals surface area contributed by atoms with Crippen molar-refractivity contribution in [1.82, 2.24) is 25.2 Å². The number of carbonyl (C=O) groups is 1. The molecule has 2 aromatic heterocycles. The maximum Gasteiger partial charge on any atom is 0.260 e. The second-order valence-electron chi connectivity index (χ2n) is 7.69. The Balaban J connectivity index is 1.42. The number of pyridine rings is 1. The molecule has 9 nitrogen and oxygen atoms in total. The van der Waals surface area contributed by atoms with Gasteiger partial charge in [-0.3, -0.25) is 4.79 Å². The van der Waals surface area contributed by atoms with Crippen LogP contribution < -0.4 is 16.8 Å². The molecule has 31 heavy (non-hydrogen) atoms. The van der Waals surface area contributed by atoms with E-state index in [1.807, 2.05) is 30.3 Å². The van der Waals surface area contributed by atoms with E-state index in [1.54, 1.807) is 13.1 Å². The average Bonchev–Trinajstić information content (AvgIpc) is 3.36. The van der Waals surface area contributed by atoms with E-state index in [1.165, 1.54) is 11.2 Å². The maximum absolute atomic E-state index is 12.4. The number of aliphatic hydroxyl groups is 1. The quantitative estimate of drug-likeness (QED) is 0.516. The van der Waals surface area contributed by atoms with Crippen LogP contribution in [0, 0.1) is 0 Å². The molecule has 1 aromatic carbocycles. The van der Waals surface area contributed by atoms with Crippen LogP contribution in [0.3, 0.4) is 0 Å². The largest absolute Gasteiger partial charge is 0.472 e. The molecule has 0 saturated carbocycles. The molecule has 2 aliphatic rings. The molecule has 0 aliphatic carbocycles. The molecular formula is C21H19BN6O3. The van der Waals surface area contributed by atoms with Crippen LogP contribution in [-0.4, -0.2) is 57.9 Å². The summed E-state index contributed by atoms with van der Waals surface area (Å²) in [6.07, 6.45) is 1.20. The molecule has 4 N–H and O–H groups in total. The zero-order valence-corrected chi connectivity index (χ0v) is 16.7. The van der Waals surface area contributed by atoms with Crippen molar-refractivity contribution in [3.63, 3.8) is 0 Å². The van der Waals surface area contributed by atoms with Crippen LogP contribution in [0.25, 0.3) is 22.3 Å². The molecule has 1 saturated heterocycles. The highest BCUT2D eigenvalue weighted by molar-refractivity contribution is 6.29. The lowest BCUT2D eigenvalue weighted by Gasteiger charge is -2.23. The third-order valence-electron chi connectivity index (χ3n) is 5.64. The smallest absolute Gasteiger partial charge is 0.260 e. The van der Waals surface area contributed by atoms with Crippen molar-refractivity contribution in [3.8, 4) is 11.3 Å². The summed E-state index contributed by atoms with van der Waals surface area (Å²) in [5, 5.41) is 14.0. The van der Waals surface area contributed by atoms with Crippen LogP contribution in [0.1, 0.15) is 18.2 Å². The standard InChI is InChI=1S/C21H19BN6O3/c1-28-8-7-21(30,19(28)29)15-10-31-18(26-15)12-4-2-3-11(9-12)13-5-6-14-16(24-13)17(23)27-20(22)25-14/h2-6,9-10,18,26,30H,7-8H2,1H3,(H2,23,25,27). The average molecular weight is 414 g/mol. The van der Waals surface area contributed by atoms with Gasteiger partial charge in [-0.1, -0.05) is 18.2 Å². The molecule has 1 fully saturated rings. The van der Waals surface area contributed by atoms with Crippen LogP contribution in [0.15, 0.2) is 48.4 Å². The van der Waals surface area contributed by atoms with Gasteiger partial charge in [-0.05, 0) is 18.2 Å². The van der Waals surface area contributed by atoms with Crippen molar-refractivity contribution in [2.45, 2.75) is 18.2 Å². The van der Waals surface area contributed by atoms with E-state index in [-0.39, 0.29) is 17.4 Å². The van der Waals surface area contributed by atoms with E-state index in [2.05, 4.69) is 20.3 Å². The summed E-state index contributed by atoms with van der Waals surface area (Å²) in [7, 11) is 7.32. The second kappa shape index (κ2) is 6.95. The molecular weight excluding hydrogens is 395 g/mol. The topological polar surface area (TPSA) is 126 Å². The van der Waals surface area contributed by atoms with Crippen LogP contribution >= 0.6 is 0 Å². The van der Waals surface area contributed by atoms with E-state index < -0.39 is 11.8 Å². The normalized spacial score (nSPS) is 23.0. The van der Waals surface area contributed by atoms with Gasteiger partial charge in [0.1, 0.15) is 11.8 Å². The lowest BCUT2D eigenvalue weighted by atomic mass is 9.98. The Morgan fingerprint density at radius 1 is 1.29 bits per heavy atom. The summed E-state index contributed by atoms with van der Waals surface area (Å²) >= 11 is 0. The third-order valence-corrected chi connectivity index (χ3v) is 5.64. The second-order valence-corrected chi connectivity index (χ2v) is 7.69. The zero-order chi connectivity index (χ0) is 21.8. The summed E-state index contributed by atoms with van der Waals surface area (Å²) in [5.74, 6) is -0.125. The number of anilines is 1. The van der Waals surface area contributed by atoms with Gasteiger partial charge in [-0.15, -0.1) is 0 Å². The van der Waals surface area contributed by atoms with Crippen molar-refractivity contribution in [2.75, 3.05) is 19.3 Å². The number of amides is 1. The van der Waals surface area contributed by atoms with E-state index in [9.17, 15) is 9.90 Å². The van der Waals surface area contributed by atoms with Gasteiger partial charge >= 0.3 is 0 Å². The Hall–Kier alpha value is -3.66. The summed E-state index contributed by atoms with van der Waals surface area (Å²) in [4.78, 5) is 26.6. The van der Waals surface area contributed by atoms with E-state index in [0.717, 1.165) is 11.1 Å². The van der Waals surface area contributed by atoms with Gasteiger partial charge in [0, 0.05) is 31.1 Å². The number of carbonyl (C=O) groups excluding carboxylic acids is 1. The fourth-order valence-corrected chi connectivity index (χ4v) is 3.90. The highest BCUT2D eigenvalue weighted by atomic mass is 16.5. The summed E-state index contributed by atoms with van der Waals surface area (Å²) in [5.41, 5.74) is 8.22. The monoisotopic (exact) mass is 414 g/mol. The molecule has 2 radical (unpaired) electrons. The number of aromatic nitrogens is 3. The Labute approximate surface area is 179 Å². The molecule has 154 valence electrons. The first kappa shape index (κ1) is 19.3. The Bertz CT molecular complexity index is 1250. The first-order chi connectivity index (χ1) is 14.8. The number of hydrogen-bond acceptors (Lipinski definition) is 8. The fraction of sp³-hybridized carbons (Fsp3) is 0.238. The Kier molecular flexibility index (Phi) is 4.33. The SMILES string of the molecule is [B]c1nc(N)c2nc(-c3cccc(C4NC(C5(O)CCN(C)C5=O)=CO4)c3)ccc2n1. The van der Waals surface area contributed by atoms with Gasteiger partial charge in [0.25, 0.3) is 5.91 Å². The van der Waals surface area contributed by atoms with Gasteiger partial charge in [-0.2, -0.15) is 0 Å². The minimum atomic E-state index is -1.58. The predicted octanol–water partition coefficient (Wildman–Crippen LogP) is 0.121. The molecule has 2 unspecified atom stereocenters. The molecule has 3 aromatic rings. The molecule has 1 amide bonds. The van der Waals surface area contributed by atoms with Crippen molar-refractivity contribution < 1.29 is 14.6 Å². The highest BCUT2D eigenvalue weighted by Crippen LogP contribution is 2.34. The first-order valence-electron chi connectivity index (χ1n) is 9.76. The number of likely N-dealkylation sites (N-methyl/N-ethyl adjacent to an activating group) is 1. The van der Waals surface area contributed by atoms with Gasteiger partial charge in [0.05, 0.1) is 22.6 Å². The Morgan fingerprint density at radius 2 is 2.13 bits per heavy atom. The molecule has 2 atom stereocenters. The first-order valence-corrected chi connectivity index (χ1v) is 9.76. The van der Waals surface area contributed by atoms with Crippen LogP contribution in [0.4, 0.5) is 5.82 Å². The zero-order valence-electron chi connectivity index (χ0n) is 16.7. The number of benzene rings is 1. The molecule has 2 aliphatic heterocycles. The Morgan fingerprint density at radius 3 is 2.90 bits per heavy atom. The van der Waals surface area contributed by atoms with E-state index in [4.69, 9.17) is 18.3 Å². The number of fused-ring (bicyclic) bond motifs is 1. The van der Waals surface area contributed by atoms with Crippen molar-refractivity contribution >= 4 is 36.3 Å². The molecule has 5 rings (SSSR count). The molecule has 10 heteroatoms. The minimum absolute atomic E-state index is 0.0999. The maximum atomic E-state index is 12.4. The van der Waals surface area contributed by atoms with Crippen molar-refractivity contribution in [1.29, 1.82) is 0 Å². The van der Waals surface area contributed by atoms with Gasteiger partial charge in [0.15, 0.2) is 25.5 Å². The minimum Gasteiger partial charge on any atom is -0.472 e. The number of nitrogens with one attached hydrogen (secondary N) is 1. The molecule has 0 bridgehead atoms. The number of nitrogens with two attached hydrogens (primary N) is 1. The van der Waals surface area contributed by atoms with Crippen molar-refractivity contribution in [2.24, 2.45) is 0 Å². The van der Waals surface area contributed by atoms with Gasteiger partial charge < -0.3 is 25.8 Å². The van der Waals surface area contributed by atoms with Crippen molar-refractivity contribution in [3.05, 3.63) is 53.9 Å². The van der Waals surface area contributed by atoms with E-state index >= 15 is 0 Å². The molecule has 0 spiro atoms. The lowest BCUT2D eigenvalue weighted by molar-refractivity contribution is -0.139. The van der Waals surface area contributed by atoms with E-state index in [0.29, 0.717) is 35.4 Å². The van der Waals surface area contributed by atoms with Gasteiger partial charge in [0.2, 0.25) is 0 Å². The fourth-order valence-electron chi connectivity index (χ4n) is 3.90. The van der Waals surface area contributed by atoms with Crippen LogP contribution in [0.5, 0.6) is 0 Å². The predicted molar refractivity (Wildman–Crippen MR) is 115 cm³/mol. The number of nitrogens with zero attached hydrogens (tertiary/aromatic N) is 4. The summed E-state index contributed by atoms with van der Waals surface area (Å²) in [6, 6.07) is 11.2. The molecule has 4 heterocycles. The van der Waals surface area contributed by atoms with Crippen LogP contribution in [-0.2, 0) is 9.53 Å². The lowest BCUT2D eigenvalue weighted by Crippen LogP contribution is -2.44. The highest BCUT2D eigenvalue weighted by Gasteiger charge is 2.49. The summed E-state index contributed by atoms with van der Waals surface area (Å²) < 4.78 is 5.73. The van der Waals surface area contributed by atoms with Crippen LogP contribution in [0.2, 0.25) is 0 Å². The summed E-state index contributed by atoms with van der Waals surface area (Å²) in [6.45, 7) is 0.487. The third kappa shape index (κ3) is 3.16. The number of likely N-dealkylation sites (tertiary alicyclic amines) is 1.